The maximum Gasteiger partial charge on any atom is 0.248 e. The Labute approximate surface area is 158 Å². The summed E-state index contributed by atoms with van der Waals surface area (Å²) in [5.74, 6) is -0.326. The molecule has 0 aliphatic carbocycles. The molecule has 1 heterocycles. The highest BCUT2D eigenvalue weighted by atomic mass is 32.2. The lowest BCUT2D eigenvalue weighted by atomic mass is 10.2. The van der Waals surface area contributed by atoms with Crippen LogP contribution in [0.15, 0.2) is 71.6 Å². The van der Waals surface area contributed by atoms with E-state index in [0.717, 1.165) is 15.2 Å². The minimum atomic E-state index is -3.49. The van der Waals surface area contributed by atoms with Gasteiger partial charge in [0, 0.05) is 31.2 Å². The van der Waals surface area contributed by atoms with Gasteiger partial charge in [-0.05, 0) is 42.5 Å². The van der Waals surface area contributed by atoms with Crippen molar-refractivity contribution in [2.75, 3.05) is 19.4 Å². The SMILES string of the molecule is CN(C)S(=O)(=O)c1ccc(NC(=O)C=Cc2ccc3ccccc3n2)cc1. The van der Waals surface area contributed by atoms with Crippen LogP contribution in [0.4, 0.5) is 5.69 Å². The van der Waals surface area contributed by atoms with Crippen molar-refractivity contribution in [1.29, 1.82) is 0 Å². The second-order valence-electron chi connectivity index (χ2n) is 6.06. The number of sulfonamides is 1. The Morgan fingerprint density at radius 2 is 1.70 bits per heavy atom. The van der Waals surface area contributed by atoms with Gasteiger partial charge in [0.05, 0.1) is 16.1 Å². The van der Waals surface area contributed by atoms with Gasteiger partial charge in [-0.15, -0.1) is 0 Å². The van der Waals surface area contributed by atoms with Gasteiger partial charge in [-0.25, -0.2) is 17.7 Å². The third-order valence-corrected chi connectivity index (χ3v) is 5.76. The van der Waals surface area contributed by atoms with E-state index in [9.17, 15) is 13.2 Å². The molecule has 0 radical (unpaired) electrons. The van der Waals surface area contributed by atoms with Gasteiger partial charge in [-0.2, -0.15) is 0 Å². The molecule has 3 aromatic rings. The van der Waals surface area contributed by atoms with E-state index in [1.807, 2.05) is 36.4 Å². The first kappa shape index (κ1) is 18.8. The van der Waals surface area contributed by atoms with Crippen LogP contribution in [0.3, 0.4) is 0 Å². The number of hydrogen-bond acceptors (Lipinski definition) is 4. The van der Waals surface area contributed by atoms with Crippen LogP contribution in [-0.2, 0) is 14.8 Å². The number of benzene rings is 2. The minimum absolute atomic E-state index is 0.168. The number of pyridine rings is 1. The molecule has 7 heteroatoms. The Morgan fingerprint density at radius 1 is 1.00 bits per heavy atom. The van der Waals surface area contributed by atoms with Gasteiger partial charge >= 0.3 is 0 Å². The Morgan fingerprint density at radius 3 is 2.41 bits per heavy atom. The van der Waals surface area contributed by atoms with Crippen LogP contribution in [-0.4, -0.2) is 37.7 Å². The fourth-order valence-corrected chi connectivity index (χ4v) is 3.34. The minimum Gasteiger partial charge on any atom is -0.323 e. The number of nitrogens with zero attached hydrogens (tertiary/aromatic N) is 2. The van der Waals surface area contributed by atoms with E-state index in [1.165, 1.54) is 32.3 Å². The molecule has 2 aromatic carbocycles. The van der Waals surface area contributed by atoms with Crippen molar-refractivity contribution in [3.8, 4) is 0 Å². The summed E-state index contributed by atoms with van der Waals surface area (Å²) < 4.78 is 25.2. The van der Waals surface area contributed by atoms with Crippen molar-refractivity contribution < 1.29 is 13.2 Å². The normalized spacial score (nSPS) is 12.0. The summed E-state index contributed by atoms with van der Waals surface area (Å²) in [5.41, 5.74) is 2.04. The van der Waals surface area contributed by atoms with Gasteiger partial charge in [0.15, 0.2) is 0 Å². The first-order valence-corrected chi connectivity index (χ1v) is 9.68. The summed E-state index contributed by atoms with van der Waals surface area (Å²) in [4.78, 5) is 16.7. The number of carbonyl (C=O) groups is 1. The molecular weight excluding hydrogens is 362 g/mol. The molecule has 0 aliphatic rings. The van der Waals surface area contributed by atoms with Crippen molar-refractivity contribution >= 4 is 38.6 Å². The van der Waals surface area contributed by atoms with E-state index in [2.05, 4.69) is 10.3 Å². The van der Waals surface area contributed by atoms with Gasteiger partial charge in [-0.3, -0.25) is 4.79 Å². The van der Waals surface area contributed by atoms with Crippen molar-refractivity contribution in [3.05, 3.63) is 72.4 Å². The lowest BCUT2D eigenvalue weighted by Gasteiger charge is -2.11. The topological polar surface area (TPSA) is 79.4 Å². The fourth-order valence-electron chi connectivity index (χ4n) is 2.44. The molecule has 0 unspecified atom stereocenters. The van der Waals surface area contributed by atoms with Crippen LogP contribution in [0.5, 0.6) is 0 Å². The Bertz CT molecular complexity index is 1100. The number of hydrogen-bond donors (Lipinski definition) is 1. The highest BCUT2D eigenvalue weighted by Crippen LogP contribution is 2.17. The van der Waals surface area contributed by atoms with E-state index < -0.39 is 10.0 Å². The largest absolute Gasteiger partial charge is 0.323 e. The highest BCUT2D eigenvalue weighted by molar-refractivity contribution is 7.89. The summed E-state index contributed by atoms with van der Waals surface area (Å²) >= 11 is 0. The standard InChI is InChI=1S/C20H19N3O3S/c1-23(2)27(25,26)18-12-9-17(10-13-18)22-20(24)14-11-16-8-7-15-5-3-4-6-19(15)21-16/h3-14H,1-2H3,(H,22,24). The van der Waals surface area contributed by atoms with E-state index in [4.69, 9.17) is 0 Å². The predicted molar refractivity (Wildman–Crippen MR) is 107 cm³/mol. The predicted octanol–water partition coefficient (Wildman–Crippen LogP) is 3.14. The van der Waals surface area contributed by atoms with Crippen LogP contribution in [0.2, 0.25) is 0 Å². The summed E-state index contributed by atoms with van der Waals surface area (Å²) in [6.45, 7) is 0. The maximum atomic E-state index is 12.1. The number of aromatic nitrogens is 1. The molecule has 0 aliphatic heterocycles. The molecule has 138 valence electrons. The molecule has 6 nitrogen and oxygen atoms in total. The van der Waals surface area contributed by atoms with Crippen LogP contribution < -0.4 is 5.32 Å². The number of para-hydroxylation sites is 1. The third-order valence-electron chi connectivity index (χ3n) is 3.93. The van der Waals surface area contributed by atoms with Crippen LogP contribution in [0.25, 0.3) is 17.0 Å². The van der Waals surface area contributed by atoms with Gasteiger partial charge in [-0.1, -0.05) is 24.3 Å². The molecular formula is C20H19N3O3S. The molecule has 0 saturated heterocycles. The van der Waals surface area contributed by atoms with Gasteiger partial charge in [0.1, 0.15) is 0 Å². The van der Waals surface area contributed by atoms with Crippen molar-refractivity contribution in [2.45, 2.75) is 4.90 Å². The van der Waals surface area contributed by atoms with E-state index >= 15 is 0 Å². The monoisotopic (exact) mass is 381 g/mol. The molecule has 0 spiro atoms. The summed E-state index contributed by atoms with van der Waals surface area (Å²) in [7, 11) is -0.550. The zero-order valence-corrected chi connectivity index (χ0v) is 15.8. The second kappa shape index (κ2) is 7.69. The maximum absolute atomic E-state index is 12.1. The second-order valence-corrected chi connectivity index (χ2v) is 8.22. The smallest absolute Gasteiger partial charge is 0.248 e. The van der Waals surface area contributed by atoms with E-state index in [-0.39, 0.29) is 10.8 Å². The molecule has 0 bridgehead atoms. The highest BCUT2D eigenvalue weighted by Gasteiger charge is 2.16. The number of anilines is 1. The quantitative estimate of drug-likeness (QED) is 0.689. The van der Waals surface area contributed by atoms with Crippen molar-refractivity contribution in [3.63, 3.8) is 0 Å². The van der Waals surface area contributed by atoms with Crippen LogP contribution in [0.1, 0.15) is 5.69 Å². The molecule has 1 aromatic heterocycles. The number of fused-ring (bicyclic) bond motifs is 1. The zero-order chi connectivity index (χ0) is 19.4. The summed E-state index contributed by atoms with van der Waals surface area (Å²) in [5, 5.41) is 3.73. The lowest BCUT2D eigenvalue weighted by Crippen LogP contribution is -2.22. The Kier molecular flexibility index (Phi) is 5.34. The first-order chi connectivity index (χ1) is 12.9. The van der Waals surface area contributed by atoms with Crippen molar-refractivity contribution in [2.24, 2.45) is 0 Å². The Balaban J connectivity index is 1.68. The number of nitrogens with one attached hydrogen (secondary N) is 1. The zero-order valence-electron chi connectivity index (χ0n) is 15.0. The van der Waals surface area contributed by atoms with Gasteiger partial charge in [0.2, 0.25) is 15.9 Å². The third kappa shape index (κ3) is 4.39. The lowest BCUT2D eigenvalue weighted by molar-refractivity contribution is -0.111. The van der Waals surface area contributed by atoms with Gasteiger partial charge < -0.3 is 5.32 Å². The summed E-state index contributed by atoms with van der Waals surface area (Å²) in [6.07, 6.45) is 3.02. The molecule has 0 saturated carbocycles. The average molecular weight is 381 g/mol. The number of amides is 1. The molecule has 1 amide bonds. The number of rotatable bonds is 5. The van der Waals surface area contributed by atoms with E-state index in [0.29, 0.717) is 11.4 Å². The molecule has 27 heavy (non-hydrogen) atoms. The van der Waals surface area contributed by atoms with E-state index in [1.54, 1.807) is 18.2 Å². The van der Waals surface area contributed by atoms with Crippen molar-refractivity contribution in [1.82, 2.24) is 9.29 Å². The van der Waals surface area contributed by atoms with Gasteiger partial charge in [0.25, 0.3) is 0 Å². The molecule has 3 rings (SSSR count). The molecule has 1 N–H and O–H groups in total. The fraction of sp³-hybridized carbons (Fsp3) is 0.100. The average Bonchev–Trinajstić information content (AvgIpc) is 2.66. The first-order valence-electron chi connectivity index (χ1n) is 8.24. The Hall–Kier alpha value is -3.03. The number of carbonyl (C=O) groups excluding carboxylic acids is 1. The summed E-state index contributed by atoms with van der Waals surface area (Å²) in [6, 6.07) is 17.6. The molecule has 0 fully saturated rings. The van der Waals surface area contributed by atoms with Crippen LogP contribution >= 0.6 is 0 Å². The van der Waals surface area contributed by atoms with Crippen LogP contribution in [0, 0.1) is 0 Å². The molecule has 0 atom stereocenters.